The predicted molar refractivity (Wildman–Crippen MR) is 109 cm³/mol. The first-order chi connectivity index (χ1) is 14.4. The van der Waals surface area contributed by atoms with Crippen molar-refractivity contribution < 1.29 is 24.0 Å². The summed E-state index contributed by atoms with van der Waals surface area (Å²) in [5.74, 6) is -1.51. The molecule has 0 aliphatic heterocycles. The molecule has 1 N–H and O–H groups in total. The molecule has 3 aromatic rings. The third-order valence-electron chi connectivity index (χ3n) is 4.13. The summed E-state index contributed by atoms with van der Waals surface area (Å²) in [6, 6.07) is 19.7. The smallest absolute Gasteiger partial charge is 0.338 e. The fourth-order valence-corrected chi connectivity index (χ4v) is 2.58. The lowest BCUT2D eigenvalue weighted by Crippen LogP contribution is -2.15. The first-order valence-electron chi connectivity index (χ1n) is 8.85. The van der Waals surface area contributed by atoms with Gasteiger partial charge in [0.2, 0.25) is 0 Å². The molecule has 0 saturated heterocycles. The maximum Gasteiger partial charge on any atom is 0.338 e. The van der Waals surface area contributed by atoms with Crippen LogP contribution in [0.5, 0.6) is 0 Å². The van der Waals surface area contributed by atoms with Gasteiger partial charge in [-0.05, 0) is 30.3 Å². The molecular formula is C22H16N2O6. The molecule has 3 aromatic carbocycles. The molecular weight excluding hydrogens is 388 g/mol. The highest BCUT2D eigenvalue weighted by molar-refractivity contribution is 6.05. The van der Waals surface area contributed by atoms with Crippen molar-refractivity contribution in [1.82, 2.24) is 0 Å². The van der Waals surface area contributed by atoms with E-state index in [0.717, 1.165) is 0 Å². The van der Waals surface area contributed by atoms with Crippen LogP contribution in [0.15, 0.2) is 78.9 Å². The number of ketones is 1. The Kier molecular flexibility index (Phi) is 6.29. The van der Waals surface area contributed by atoms with Crippen LogP contribution < -0.4 is 5.32 Å². The van der Waals surface area contributed by atoms with Crippen LogP contribution in [0.3, 0.4) is 0 Å². The standard InChI is InChI=1S/C22H16N2O6/c25-20(15-5-2-1-3-6-15)14-30-22(27)16-9-11-18(12-10-16)23-21(26)17-7-4-8-19(13-17)24(28)29/h1-13H,14H2,(H,23,26). The minimum absolute atomic E-state index is 0.132. The molecule has 0 bridgehead atoms. The largest absolute Gasteiger partial charge is 0.454 e. The van der Waals surface area contributed by atoms with Gasteiger partial charge < -0.3 is 10.1 Å². The van der Waals surface area contributed by atoms with Crippen molar-refractivity contribution in [2.24, 2.45) is 0 Å². The van der Waals surface area contributed by atoms with Crippen LogP contribution in [0, 0.1) is 10.1 Å². The summed E-state index contributed by atoms with van der Waals surface area (Å²) in [7, 11) is 0. The first-order valence-corrected chi connectivity index (χ1v) is 8.85. The van der Waals surface area contributed by atoms with Gasteiger partial charge in [0.1, 0.15) is 0 Å². The number of nitro groups is 1. The normalized spacial score (nSPS) is 10.1. The Balaban J connectivity index is 1.58. The van der Waals surface area contributed by atoms with Crippen LogP contribution in [-0.2, 0) is 4.74 Å². The highest BCUT2D eigenvalue weighted by atomic mass is 16.6. The highest BCUT2D eigenvalue weighted by Crippen LogP contribution is 2.16. The molecule has 0 spiro atoms. The van der Waals surface area contributed by atoms with E-state index in [1.807, 2.05) is 0 Å². The van der Waals surface area contributed by atoms with Gasteiger partial charge >= 0.3 is 5.97 Å². The number of esters is 1. The van der Waals surface area contributed by atoms with Gasteiger partial charge in [0.15, 0.2) is 12.4 Å². The molecule has 0 aliphatic rings. The van der Waals surface area contributed by atoms with Crippen molar-refractivity contribution in [2.45, 2.75) is 0 Å². The number of non-ortho nitro benzene ring substituents is 1. The number of nitrogens with zero attached hydrogens (tertiary/aromatic N) is 1. The Morgan fingerprint density at radius 3 is 2.17 bits per heavy atom. The third-order valence-corrected chi connectivity index (χ3v) is 4.13. The van der Waals surface area contributed by atoms with E-state index in [0.29, 0.717) is 11.3 Å². The van der Waals surface area contributed by atoms with Crippen LogP contribution in [0.25, 0.3) is 0 Å². The van der Waals surface area contributed by atoms with E-state index in [-0.39, 0.29) is 29.2 Å². The van der Waals surface area contributed by atoms with Crippen molar-refractivity contribution in [3.8, 4) is 0 Å². The number of nitro benzene ring substituents is 1. The van der Waals surface area contributed by atoms with Crippen molar-refractivity contribution in [3.05, 3.63) is 106 Å². The molecule has 0 heterocycles. The highest BCUT2D eigenvalue weighted by Gasteiger charge is 2.14. The van der Waals surface area contributed by atoms with E-state index in [2.05, 4.69) is 5.32 Å². The quantitative estimate of drug-likeness (QED) is 0.276. The first kappa shape index (κ1) is 20.4. The van der Waals surface area contributed by atoms with E-state index >= 15 is 0 Å². The molecule has 0 atom stereocenters. The lowest BCUT2D eigenvalue weighted by Gasteiger charge is -2.07. The summed E-state index contributed by atoms with van der Waals surface area (Å²) in [4.78, 5) is 46.6. The Labute approximate surface area is 171 Å². The van der Waals surface area contributed by atoms with E-state index in [9.17, 15) is 24.5 Å². The van der Waals surface area contributed by atoms with E-state index in [4.69, 9.17) is 4.74 Å². The van der Waals surface area contributed by atoms with Gasteiger partial charge in [-0.3, -0.25) is 19.7 Å². The van der Waals surface area contributed by atoms with E-state index < -0.39 is 16.8 Å². The number of amides is 1. The van der Waals surface area contributed by atoms with Crippen molar-refractivity contribution in [1.29, 1.82) is 0 Å². The predicted octanol–water partition coefficient (Wildman–Crippen LogP) is 3.89. The number of Topliss-reactive ketones (excluding diaryl/α,β-unsaturated/α-hetero) is 1. The number of hydrogen-bond donors (Lipinski definition) is 1. The van der Waals surface area contributed by atoms with Crippen LogP contribution in [0.4, 0.5) is 11.4 Å². The van der Waals surface area contributed by atoms with Crippen molar-refractivity contribution >= 4 is 29.0 Å². The number of ether oxygens (including phenoxy) is 1. The topological polar surface area (TPSA) is 116 Å². The number of benzene rings is 3. The maximum atomic E-state index is 12.3. The zero-order chi connectivity index (χ0) is 21.5. The molecule has 8 nitrogen and oxygen atoms in total. The molecule has 0 aromatic heterocycles. The van der Waals surface area contributed by atoms with Crippen molar-refractivity contribution in [3.63, 3.8) is 0 Å². The molecule has 0 unspecified atom stereocenters. The van der Waals surface area contributed by atoms with Crippen LogP contribution in [-0.4, -0.2) is 29.2 Å². The van der Waals surface area contributed by atoms with Gasteiger partial charge in [0, 0.05) is 28.9 Å². The summed E-state index contributed by atoms with van der Waals surface area (Å²) in [5, 5.41) is 13.4. The number of anilines is 1. The number of carbonyl (C=O) groups excluding carboxylic acids is 3. The average molecular weight is 404 g/mol. The molecule has 0 saturated carbocycles. The van der Waals surface area contributed by atoms with Gasteiger partial charge in [-0.2, -0.15) is 0 Å². The van der Waals surface area contributed by atoms with Gasteiger partial charge in [-0.1, -0.05) is 36.4 Å². The Hall–Kier alpha value is -4.33. The SMILES string of the molecule is O=C(COC(=O)c1ccc(NC(=O)c2cccc([N+](=O)[O-])c2)cc1)c1ccccc1. The molecule has 1 amide bonds. The monoisotopic (exact) mass is 404 g/mol. The van der Waals surface area contributed by atoms with Gasteiger partial charge in [-0.25, -0.2) is 4.79 Å². The molecule has 30 heavy (non-hydrogen) atoms. The molecule has 8 heteroatoms. The van der Waals surface area contributed by atoms with Crippen LogP contribution in [0.2, 0.25) is 0 Å². The van der Waals surface area contributed by atoms with E-state index in [1.54, 1.807) is 30.3 Å². The lowest BCUT2D eigenvalue weighted by molar-refractivity contribution is -0.384. The molecule has 0 fully saturated rings. The fourth-order valence-electron chi connectivity index (χ4n) is 2.58. The van der Waals surface area contributed by atoms with Crippen LogP contribution in [0.1, 0.15) is 31.1 Å². The summed E-state index contributed by atoms with van der Waals surface area (Å²) in [5.41, 5.74) is 0.995. The second-order valence-electron chi connectivity index (χ2n) is 6.20. The van der Waals surface area contributed by atoms with Gasteiger partial charge in [-0.15, -0.1) is 0 Å². The second kappa shape index (κ2) is 9.24. The van der Waals surface area contributed by atoms with Gasteiger partial charge in [0.25, 0.3) is 11.6 Å². The zero-order valence-corrected chi connectivity index (χ0v) is 15.6. The van der Waals surface area contributed by atoms with Crippen molar-refractivity contribution in [2.75, 3.05) is 11.9 Å². The summed E-state index contributed by atoms with van der Waals surface area (Å²) in [6.07, 6.45) is 0. The molecule has 0 radical (unpaired) electrons. The zero-order valence-electron chi connectivity index (χ0n) is 15.6. The molecule has 150 valence electrons. The second-order valence-corrected chi connectivity index (χ2v) is 6.20. The maximum absolute atomic E-state index is 12.3. The van der Waals surface area contributed by atoms with Crippen LogP contribution >= 0.6 is 0 Å². The van der Waals surface area contributed by atoms with Gasteiger partial charge in [0.05, 0.1) is 10.5 Å². The molecule has 0 aliphatic carbocycles. The summed E-state index contributed by atoms with van der Waals surface area (Å²) in [6.45, 7) is -0.381. The number of carbonyl (C=O) groups is 3. The Morgan fingerprint density at radius 2 is 1.50 bits per heavy atom. The van der Waals surface area contributed by atoms with E-state index in [1.165, 1.54) is 48.5 Å². The lowest BCUT2D eigenvalue weighted by atomic mass is 10.1. The number of hydrogen-bond acceptors (Lipinski definition) is 6. The Bertz CT molecular complexity index is 1090. The summed E-state index contributed by atoms with van der Waals surface area (Å²) < 4.78 is 5.03. The number of nitrogens with one attached hydrogen (secondary N) is 1. The molecule has 3 rings (SSSR count). The fraction of sp³-hybridized carbons (Fsp3) is 0.0455. The third kappa shape index (κ3) is 5.14. The number of rotatable bonds is 7. The summed E-state index contributed by atoms with van der Waals surface area (Å²) >= 11 is 0. The Morgan fingerprint density at radius 1 is 0.833 bits per heavy atom. The minimum atomic E-state index is -0.671. The average Bonchev–Trinajstić information content (AvgIpc) is 2.78. The minimum Gasteiger partial charge on any atom is -0.454 e.